The Morgan fingerprint density at radius 1 is 1.15 bits per heavy atom. The third kappa shape index (κ3) is 10.9. The van der Waals surface area contributed by atoms with Gasteiger partial charge in [0, 0.05) is 25.1 Å². The van der Waals surface area contributed by atoms with Gasteiger partial charge in [-0.1, -0.05) is 0 Å². The number of carbonyl (C=O) groups excluding carboxylic acids is 1. The number of hydrogen-bond acceptors (Lipinski definition) is 5. The lowest BCUT2D eigenvalue weighted by Gasteiger charge is -2.27. The molecule has 33 heavy (non-hydrogen) atoms. The Hall–Kier alpha value is -2.37. The van der Waals surface area contributed by atoms with Crippen molar-refractivity contribution in [1.82, 2.24) is 20.9 Å². The minimum atomic E-state index is -0.582. The van der Waals surface area contributed by atoms with Gasteiger partial charge in [-0.15, -0.1) is 24.0 Å². The van der Waals surface area contributed by atoms with Gasteiger partial charge in [0.15, 0.2) is 5.96 Å². The van der Waals surface area contributed by atoms with Gasteiger partial charge in [0.25, 0.3) is 0 Å². The van der Waals surface area contributed by atoms with Gasteiger partial charge in [-0.05, 0) is 65.8 Å². The van der Waals surface area contributed by atoms with Gasteiger partial charge in [-0.3, -0.25) is 4.99 Å². The van der Waals surface area contributed by atoms with E-state index in [1.165, 1.54) is 12.1 Å². The number of carbonyl (C=O) groups is 1. The molecule has 0 fully saturated rings. The van der Waals surface area contributed by atoms with Crippen LogP contribution in [-0.2, 0) is 11.2 Å². The average Bonchev–Trinajstić information content (AvgIpc) is 3.13. The summed E-state index contributed by atoms with van der Waals surface area (Å²) in [7, 11) is 0. The topological polar surface area (TPSA) is 101 Å². The second-order valence-corrected chi connectivity index (χ2v) is 9.03. The predicted molar refractivity (Wildman–Crippen MR) is 138 cm³/mol. The monoisotopic (exact) mass is 575 g/mol. The van der Waals surface area contributed by atoms with Crippen molar-refractivity contribution in [3.8, 4) is 11.5 Å². The van der Waals surface area contributed by atoms with Crippen LogP contribution in [0, 0.1) is 5.82 Å². The number of hydrogen-bond donors (Lipinski definition) is 3. The number of rotatable bonds is 8. The summed E-state index contributed by atoms with van der Waals surface area (Å²) in [5.74, 6) is 0.786. The van der Waals surface area contributed by atoms with E-state index in [1.54, 1.807) is 18.4 Å². The highest BCUT2D eigenvalue weighted by Gasteiger charge is 2.24. The van der Waals surface area contributed by atoms with E-state index in [0.717, 1.165) is 11.3 Å². The van der Waals surface area contributed by atoms with E-state index in [0.29, 0.717) is 37.9 Å². The number of oxazole rings is 1. The van der Waals surface area contributed by atoms with Gasteiger partial charge < -0.3 is 25.1 Å². The van der Waals surface area contributed by atoms with Crippen LogP contribution in [0.15, 0.2) is 39.9 Å². The van der Waals surface area contributed by atoms with Crippen molar-refractivity contribution in [2.24, 2.45) is 4.99 Å². The lowest BCUT2D eigenvalue weighted by molar-refractivity contribution is 0.0476. The van der Waals surface area contributed by atoms with E-state index in [-0.39, 0.29) is 29.8 Å². The molecule has 0 unspecified atom stereocenters. The molecule has 8 nitrogen and oxygen atoms in total. The summed E-state index contributed by atoms with van der Waals surface area (Å²) in [4.78, 5) is 21.1. The van der Waals surface area contributed by atoms with Crippen LogP contribution in [0.5, 0.6) is 0 Å². The van der Waals surface area contributed by atoms with E-state index in [4.69, 9.17) is 9.15 Å². The van der Waals surface area contributed by atoms with Crippen molar-refractivity contribution in [1.29, 1.82) is 0 Å². The molecule has 1 amide bonds. The average molecular weight is 575 g/mol. The molecule has 1 heterocycles. The van der Waals surface area contributed by atoms with Crippen LogP contribution in [0.3, 0.4) is 0 Å². The summed E-state index contributed by atoms with van der Waals surface area (Å²) in [6, 6.07) is 6.01. The van der Waals surface area contributed by atoms with Crippen LogP contribution in [0.2, 0.25) is 0 Å². The first-order valence-electron chi connectivity index (χ1n) is 10.7. The van der Waals surface area contributed by atoms with E-state index in [2.05, 4.69) is 25.9 Å². The Labute approximate surface area is 212 Å². The van der Waals surface area contributed by atoms with Crippen LogP contribution in [-0.4, -0.2) is 47.8 Å². The van der Waals surface area contributed by atoms with Crippen molar-refractivity contribution < 1.29 is 18.3 Å². The summed E-state index contributed by atoms with van der Waals surface area (Å²) >= 11 is 0. The Morgan fingerprint density at radius 2 is 1.82 bits per heavy atom. The highest BCUT2D eigenvalue weighted by molar-refractivity contribution is 14.0. The fraction of sp³-hybridized carbons (Fsp3) is 0.522. The normalized spacial score (nSPS) is 12.0. The summed E-state index contributed by atoms with van der Waals surface area (Å²) in [5.41, 5.74) is 0.359. The predicted octanol–water partition coefficient (Wildman–Crippen LogP) is 4.50. The fourth-order valence-electron chi connectivity index (χ4n) is 2.69. The number of nitrogens with zero attached hydrogens (tertiary/aromatic N) is 2. The minimum absolute atomic E-state index is 0. The maximum atomic E-state index is 13.1. The van der Waals surface area contributed by atoms with Crippen molar-refractivity contribution in [2.45, 2.75) is 59.1 Å². The number of guanidine groups is 1. The highest BCUT2D eigenvalue weighted by atomic mass is 127. The highest BCUT2D eigenvalue weighted by Crippen LogP contribution is 2.19. The molecule has 0 spiro atoms. The second kappa shape index (κ2) is 12.8. The first-order valence-corrected chi connectivity index (χ1v) is 10.7. The van der Waals surface area contributed by atoms with E-state index < -0.39 is 17.2 Å². The van der Waals surface area contributed by atoms with Gasteiger partial charge in [-0.2, -0.15) is 0 Å². The smallest absolute Gasteiger partial charge is 0.408 e. The maximum absolute atomic E-state index is 13.1. The maximum Gasteiger partial charge on any atom is 0.408 e. The van der Waals surface area contributed by atoms with E-state index in [9.17, 15) is 9.18 Å². The molecule has 3 N–H and O–H groups in total. The van der Waals surface area contributed by atoms with Crippen LogP contribution >= 0.6 is 24.0 Å². The van der Waals surface area contributed by atoms with Gasteiger partial charge in [-0.25, -0.2) is 14.2 Å². The third-order valence-electron chi connectivity index (χ3n) is 4.13. The fourth-order valence-corrected chi connectivity index (χ4v) is 2.69. The van der Waals surface area contributed by atoms with E-state index >= 15 is 0 Å². The SMILES string of the molecule is CCNC(=NCC(C)(C)NC(=O)OC(C)(C)C)NCCc1coc(-c2ccc(F)cc2)n1.I. The molecule has 0 atom stereocenters. The Balaban J connectivity index is 0.00000544. The number of halogens is 2. The second-order valence-electron chi connectivity index (χ2n) is 9.03. The summed E-state index contributed by atoms with van der Waals surface area (Å²) < 4.78 is 23.9. The minimum Gasteiger partial charge on any atom is -0.444 e. The number of aliphatic imine (C=N–C) groups is 1. The zero-order valence-electron chi connectivity index (χ0n) is 20.1. The van der Waals surface area contributed by atoms with Crippen LogP contribution in [0.25, 0.3) is 11.5 Å². The van der Waals surface area contributed by atoms with E-state index in [1.807, 2.05) is 41.5 Å². The number of benzene rings is 1. The molecule has 1 aromatic carbocycles. The molecule has 184 valence electrons. The quantitative estimate of drug-likeness (QED) is 0.244. The summed E-state index contributed by atoms with van der Waals surface area (Å²) in [5, 5.41) is 9.28. The molecule has 0 saturated heterocycles. The van der Waals surface area contributed by atoms with Crippen molar-refractivity contribution in [3.63, 3.8) is 0 Å². The number of aromatic nitrogens is 1. The lowest BCUT2D eigenvalue weighted by Crippen LogP contribution is -2.49. The molecule has 0 aliphatic heterocycles. The van der Waals surface area contributed by atoms with Crippen LogP contribution in [0.4, 0.5) is 9.18 Å². The Bertz CT molecular complexity index is 908. The molecular weight excluding hydrogens is 540 g/mol. The largest absolute Gasteiger partial charge is 0.444 e. The third-order valence-corrected chi connectivity index (χ3v) is 4.13. The molecule has 2 rings (SSSR count). The molecule has 2 aromatic rings. The standard InChI is InChI=1S/C23H34FN5O3.HI/c1-7-25-20(27-15-23(5,6)29-21(30)32-22(2,3)4)26-13-12-18-14-31-19(28-18)16-8-10-17(24)11-9-16;/h8-11,14H,7,12-13,15H2,1-6H3,(H,29,30)(H2,25,26,27);1H. The summed E-state index contributed by atoms with van der Waals surface area (Å²) in [6.45, 7) is 12.9. The molecule has 0 saturated carbocycles. The zero-order chi connectivity index (χ0) is 23.8. The summed E-state index contributed by atoms with van der Waals surface area (Å²) in [6.07, 6.45) is 1.74. The Kier molecular flexibility index (Phi) is 11.1. The number of alkyl carbamates (subject to hydrolysis) is 1. The molecular formula is C23H35FIN5O3. The molecule has 0 aliphatic rings. The molecule has 10 heteroatoms. The zero-order valence-corrected chi connectivity index (χ0v) is 22.5. The van der Waals surface area contributed by atoms with Gasteiger partial charge in [0.05, 0.1) is 17.8 Å². The van der Waals surface area contributed by atoms with Gasteiger partial charge in [0.2, 0.25) is 5.89 Å². The van der Waals surface area contributed by atoms with Crippen molar-refractivity contribution in [2.75, 3.05) is 19.6 Å². The van der Waals surface area contributed by atoms with Crippen LogP contribution < -0.4 is 16.0 Å². The molecule has 0 bridgehead atoms. The molecule has 1 aromatic heterocycles. The van der Waals surface area contributed by atoms with Crippen molar-refractivity contribution in [3.05, 3.63) is 42.0 Å². The first-order chi connectivity index (χ1) is 15.0. The Morgan fingerprint density at radius 3 is 2.42 bits per heavy atom. The molecule has 0 aliphatic carbocycles. The van der Waals surface area contributed by atoms with Gasteiger partial charge >= 0.3 is 6.09 Å². The van der Waals surface area contributed by atoms with Crippen molar-refractivity contribution >= 4 is 36.0 Å². The van der Waals surface area contributed by atoms with Gasteiger partial charge in [0.1, 0.15) is 17.7 Å². The van der Waals surface area contributed by atoms with Crippen LogP contribution in [0.1, 0.15) is 47.2 Å². The number of nitrogens with one attached hydrogen (secondary N) is 3. The number of ether oxygens (including phenoxy) is 1. The first kappa shape index (κ1) is 28.7. The number of amides is 1. The molecule has 0 radical (unpaired) electrons. The lowest BCUT2D eigenvalue weighted by atomic mass is 10.1.